The second kappa shape index (κ2) is 4.19. The smallest absolute Gasteiger partial charge is 0.548 e. The Morgan fingerprint density at radius 2 is 2.57 bits per heavy atom. The zero-order valence-electron chi connectivity index (χ0n) is 6.34. The van der Waals surface area contributed by atoms with E-state index in [9.17, 15) is 9.90 Å². The second-order valence-corrected chi connectivity index (χ2v) is 0.995. The SMILES string of the molecule is [2H]N([2H])[C@H](C)C(=O)[O-].[7Li+]. The van der Waals surface area contributed by atoms with E-state index in [-0.39, 0.29) is 24.6 Å². The molecular weight excluding hydrogens is 89.1 g/mol. The Bertz CT molecular complexity index is 99.8. The molecule has 7 heavy (non-hydrogen) atoms. The number of aliphatic carboxylic acids is 1. The molecule has 0 heterocycles. The fourth-order valence-corrected chi connectivity index (χ4v) is 0. The van der Waals surface area contributed by atoms with E-state index in [4.69, 9.17) is 2.82 Å². The van der Waals surface area contributed by atoms with Crippen LogP contribution >= 0.6 is 0 Å². The van der Waals surface area contributed by atoms with E-state index >= 15 is 0 Å². The van der Waals surface area contributed by atoms with Gasteiger partial charge in [0.25, 0.3) is 0 Å². The van der Waals surface area contributed by atoms with Gasteiger partial charge in [0.15, 0.2) is 0 Å². The van der Waals surface area contributed by atoms with Crippen molar-refractivity contribution >= 4 is 5.97 Å². The van der Waals surface area contributed by atoms with Crippen LogP contribution in [0.1, 0.15) is 6.92 Å². The Labute approximate surface area is 57.0 Å². The first-order chi connectivity index (χ1) is 3.55. The van der Waals surface area contributed by atoms with Crippen LogP contribution in [-0.4, -0.2) is 12.0 Å². The molecule has 36 valence electrons. The summed E-state index contributed by atoms with van der Waals surface area (Å²) < 4.78 is 12.8. The summed E-state index contributed by atoms with van der Waals surface area (Å²) in [6.45, 7) is 1.20. The molecule has 0 saturated carbocycles. The molecular formula is C3H6LiNO2. The minimum Gasteiger partial charge on any atom is -0.548 e. The molecule has 0 aliphatic rings. The van der Waals surface area contributed by atoms with Crippen LogP contribution in [0.5, 0.6) is 0 Å². The Kier molecular flexibility index (Phi) is 3.10. The van der Waals surface area contributed by atoms with E-state index in [1.165, 1.54) is 6.92 Å². The van der Waals surface area contributed by atoms with E-state index in [0.29, 0.717) is 0 Å². The molecule has 0 unspecified atom stereocenters. The maximum absolute atomic E-state index is 9.75. The standard InChI is InChI=1S/C3H7NO2.Li/c1-2(4)3(5)6;/h2H,4H2,1H3,(H,5,6);/q;+1/p-1/t2-;/m1./s1/i;1+0/hD2. The van der Waals surface area contributed by atoms with Crippen molar-refractivity contribution in [2.45, 2.75) is 13.0 Å². The molecule has 0 spiro atoms. The number of hydrogen-bond acceptors (Lipinski definition) is 3. The van der Waals surface area contributed by atoms with Crippen LogP contribution in [0, 0.1) is 0 Å². The van der Waals surface area contributed by atoms with Gasteiger partial charge in [-0.05, 0) is 6.92 Å². The number of hydrogen-bond donors (Lipinski definition) is 1. The molecule has 3 nitrogen and oxygen atoms in total. The Morgan fingerprint density at radius 1 is 2.14 bits per heavy atom. The van der Waals surface area contributed by atoms with E-state index in [1.807, 2.05) is 0 Å². The molecule has 0 aliphatic heterocycles. The molecule has 0 rings (SSSR count). The minimum absolute atomic E-state index is 0. The Balaban J connectivity index is 0. The van der Waals surface area contributed by atoms with Crippen molar-refractivity contribution < 1.29 is 31.6 Å². The van der Waals surface area contributed by atoms with Crippen molar-refractivity contribution in [3.05, 3.63) is 0 Å². The van der Waals surface area contributed by atoms with E-state index in [2.05, 4.69) is 0 Å². The van der Waals surface area contributed by atoms with E-state index in [1.54, 1.807) is 0 Å². The average Bonchev–Trinajstić information content (AvgIpc) is 1.64. The molecule has 2 N–H and O–H groups in total. The predicted molar refractivity (Wildman–Crippen MR) is 18.7 cm³/mol. The first-order valence-electron chi connectivity index (χ1n) is 2.43. The fraction of sp³-hybridized carbons (Fsp3) is 0.667. The molecule has 1 atom stereocenters. The summed E-state index contributed by atoms with van der Waals surface area (Å²) in [7, 11) is 0. The van der Waals surface area contributed by atoms with Crippen molar-refractivity contribution in [2.24, 2.45) is 5.72 Å². The second-order valence-electron chi connectivity index (χ2n) is 0.995. The van der Waals surface area contributed by atoms with Crippen molar-refractivity contribution in [1.29, 1.82) is 0 Å². The van der Waals surface area contributed by atoms with Gasteiger partial charge < -0.3 is 15.6 Å². The summed E-state index contributed by atoms with van der Waals surface area (Å²) in [5.41, 5.74) is 0.0787. The Hall–Kier alpha value is 0.0274. The first kappa shape index (κ1) is 5.17. The molecule has 0 bridgehead atoms. The van der Waals surface area contributed by atoms with Gasteiger partial charge in [0.2, 0.25) is 0 Å². The summed E-state index contributed by atoms with van der Waals surface area (Å²) in [4.78, 5) is 9.75. The minimum atomic E-state index is -1.41. The predicted octanol–water partition coefficient (Wildman–Crippen LogP) is -4.91. The van der Waals surface area contributed by atoms with Crippen molar-refractivity contribution in [2.75, 3.05) is 0 Å². The molecule has 0 aromatic carbocycles. The van der Waals surface area contributed by atoms with Crippen LogP contribution in [0.15, 0.2) is 0 Å². The molecule has 0 amide bonds. The number of nitrogens with two attached hydrogens (primary N) is 1. The van der Waals surface area contributed by atoms with E-state index in [0.717, 1.165) is 0 Å². The summed E-state index contributed by atoms with van der Waals surface area (Å²) in [5, 5.41) is 9.75. The van der Waals surface area contributed by atoms with Crippen molar-refractivity contribution in [3.63, 3.8) is 0 Å². The number of carbonyl (C=O) groups is 1. The molecule has 0 aliphatic carbocycles. The molecule has 0 saturated heterocycles. The van der Waals surface area contributed by atoms with Gasteiger partial charge in [0.1, 0.15) is 2.82 Å². The topological polar surface area (TPSA) is 66.2 Å². The molecule has 0 aromatic heterocycles. The van der Waals surface area contributed by atoms with Gasteiger partial charge in [-0.1, -0.05) is 0 Å². The van der Waals surface area contributed by atoms with Gasteiger partial charge in [0.05, 0.1) is 5.97 Å². The van der Waals surface area contributed by atoms with Crippen LogP contribution in [0.25, 0.3) is 0 Å². The number of rotatable bonds is 2. The van der Waals surface area contributed by atoms with Gasteiger partial charge >= 0.3 is 18.9 Å². The molecule has 0 aromatic rings. The third-order valence-corrected chi connectivity index (χ3v) is 0.341. The molecule has 0 fully saturated rings. The summed E-state index contributed by atoms with van der Waals surface area (Å²) >= 11 is 0. The summed E-state index contributed by atoms with van der Waals surface area (Å²) in [6, 6.07) is -1.16. The van der Waals surface area contributed by atoms with Gasteiger partial charge in [-0.15, -0.1) is 0 Å². The van der Waals surface area contributed by atoms with Crippen LogP contribution in [0.2, 0.25) is 2.82 Å². The maximum atomic E-state index is 9.75. The third kappa shape index (κ3) is 6.03. The van der Waals surface area contributed by atoms with E-state index < -0.39 is 12.0 Å². The Morgan fingerprint density at radius 3 is 2.57 bits per heavy atom. The van der Waals surface area contributed by atoms with Crippen LogP contribution < -0.4 is 29.7 Å². The molecule has 0 radical (unpaired) electrons. The quantitative estimate of drug-likeness (QED) is 0.351. The van der Waals surface area contributed by atoms with Gasteiger partial charge in [-0.25, -0.2) is 0 Å². The fourth-order valence-electron chi connectivity index (χ4n) is 0. The van der Waals surface area contributed by atoms with Crippen LogP contribution in [-0.2, 0) is 4.79 Å². The van der Waals surface area contributed by atoms with Gasteiger partial charge in [-0.2, -0.15) is 0 Å². The largest absolute Gasteiger partial charge is 1.00 e. The van der Waals surface area contributed by atoms with Gasteiger partial charge in [-0.3, -0.25) is 0 Å². The molecule has 4 heteroatoms. The van der Waals surface area contributed by atoms with Crippen LogP contribution in [0.4, 0.5) is 0 Å². The summed E-state index contributed by atoms with van der Waals surface area (Å²) in [6.07, 6.45) is 0. The average molecular weight is 97.1 g/mol. The zero-order chi connectivity index (χ0) is 6.73. The summed E-state index contributed by atoms with van der Waals surface area (Å²) in [5.74, 6) is -1.41. The zero-order valence-corrected chi connectivity index (χ0v) is 4.34. The number of carboxylic acid groups (broad SMARTS) is 1. The van der Waals surface area contributed by atoms with Crippen molar-refractivity contribution in [3.8, 4) is 0 Å². The van der Waals surface area contributed by atoms with Crippen molar-refractivity contribution in [1.82, 2.24) is 0 Å². The van der Waals surface area contributed by atoms with Gasteiger partial charge in [0, 0.05) is 6.04 Å². The first-order valence-corrected chi connectivity index (χ1v) is 1.53. The van der Waals surface area contributed by atoms with Crippen LogP contribution in [0.3, 0.4) is 0 Å². The normalized spacial score (nSPS) is 16.3. The number of carbonyl (C=O) groups excluding carboxylic acids is 1. The number of carboxylic acids is 1. The monoisotopic (exact) mass is 97.1 g/mol. The maximum Gasteiger partial charge on any atom is 1.00 e. The third-order valence-electron chi connectivity index (χ3n) is 0.341.